The van der Waals surface area contributed by atoms with E-state index >= 15 is 0 Å². The van der Waals surface area contributed by atoms with Crippen molar-refractivity contribution >= 4 is 21.8 Å². The van der Waals surface area contributed by atoms with Gasteiger partial charge in [0, 0.05) is 40.4 Å². The zero-order chi connectivity index (χ0) is 26.3. The largest absolute Gasteiger partial charge is 0.508 e. The molecule has 0 unspecified atom stereocenters. The van der Waals surface area contributed by atoms with Gasteiger partial charge in [0.05, 0.1) is 47.1 Å². The Bertz CT molecular complexity index is 1800. The van der Waals surface area contributed by atoms with Crippen molar-refractivity contribution in [3.63, 3.8) is 0 Å². The molecule has 0 aliphatic heterocycles. The number of rotatable bonds is 5. The molecule has 1 saturated carbocycles. The maximum atomic E-state index is 14.0. The van der Waals surface area contributed by atoms with Crippen LogP contribution in [-0.2, 0) is 0 Å². The van der Waals surface area contributed by atoms with Crippen molar-refractivity contribution in [3.05, 3.63) is 73.2 Å². The fourth-order valence-corrected chi connectivity index (χ4v) is 5.42. The Kier molecular flexibility index (Phi) is 5.69. The third kappa shape index (κ3) is 4.46. The van der Waals surface area contributed by atoms with Crippen LogP contribution in [0.1, 0.15) is 32.1 Å². The summed E-state index contributed by atoms with van der Waals surface area (Å²) in [5.74, 6) is 0.102. The lowest BCUT2D eigenvalue weighted by Gasteiger charge is -2.22. The van der Waals surface area contributed by atoms with E-state index in [-0.39, 0.29) is 11.9 Å². The van der Waals surface area contributed by atoms with Gasteiger partial charge in [0.2, 0.25) is 0 Å². The van der Waals surface area contributed by atoms with Gasteiger partial charge in [0.15, 0.2) is 0 Å². The average molecular weight is 521 g/mol. The number of nitrogens with one attached hydrogen (secondary N) is 2. The van der Waals surface area contributed by atoms with E-state index in [1.807, 2.05) is 18.2 Å². The van der Waals surface area contributed by atoms with Gasteiger partial charge in [0.1, 0.15) is 23.0 Å². The van der Waals surface area contributed by atoms with E-state index < -0.39 is 5.82 Å². The maximum Gasteiger partial charge on any atom is 0.138 e. The molecule has 0 saturated heterocycles. The first-order valence-corrected chi connectivity index (χ1v) is 13.0. The average Bonchev–Trinajstić information content (AvgIpc) is 3.57. The molecule has 1 aliphatic carbocycles. The molecule has 7 rings (SSSR count). The number of phenolic OH excluding ortho intramolecular Hbond substituents is 1. The number of ether oxygens (including phenoxy) is 1. The number of hydrogen-bond acceptors (Lipinski definition) is 6. The highest BCUT2D eigenvalue weighted by Gasteiger charge is 2.18. The van der Waals surface area contributed by atoms with E-state index in [0.29, 0.717) is 11.1 Å². The molecule has 0 radical (unpaired) electrons. The normalized spacial score (nSPS) is 14.3. The summed E-state index contributed by atoms with van der Waals surface area (Å²) in [5, 5.41) is 19.3. The summed E-state index contributed by atoms with van der Waals surface area (Å²) in [7, 11) is 0. The first-order valence-electron chi connectivity index (χ1n) is 13.0. The highest BCUT2D eigenvalue weighted by atomic mass is 19.1. The zero-order valence-corrected chi connectivity index (χ0v) is 21.0. The van der Waals surface area contributed by atoms with Gasteiger partial charge >= 0.3 is 0 Å². The third-order valence-corrected chi connectivity index (χ3v) is 7.31. The minimum Gasteiger partial charge on any atom is -0.508 e. The number of fused-ring (bicyclic) bond motifs is 2. The van der Waals surface area contributed by atoms with E-state index in [0.717, 1.165) is 69.1 Å². The van der Waals surface area contributed by atoms with E-state index in [4.69, 9.17) is 4.74 Å². The highest BCUT2D eigenvalue weighted by molar-refractivity contribution is 6.01. The second-order valence-electron chi connectivity index (χ2n) is 10.0. The predicted molar refractivity (Wildman–Crippen MR) is 147 cm³/mol. The van der Waals surface area contributed by atoms with E-state index in [1.165, 1.54) is 31.4 Å². The SMILES string of the molecule is Oc1cc(F)cc(-c2cncc3[nH]c(-c4n[nH]c5cnc(-c6cncc(OC7CCCCC7)c6)cc45)cc23)c1. The van der Waals surface area contributed by atoms with Crippen molar-refractivity contribution in [2.45, 2.75) is 38.2 Å². The summed E-state index contributed by atoms with van der Waals surface area (Å²) in [6.07, 6.45) is 14.8. The van der Waals surface area contributed by atoms with Crippen LogP contribution in [0.25, 0.3) is 55.6 Å². The van der Waals surface area contributed by atoms with Gasteiger partial charge in [-0.05, 0) is 61.6 Å². The van der Waals surface area contributed by atoms with Gasteiger partial charge in [-0.15, -0.1) is 0 Å². The Morgan fingerprint density at radius 1 is 0.821 bits per heavy atom. The summed E-state index contributed by atoms with van der Waals surface area (Å²) in [6.45, 7) is 0. The topological polar surface area (TPSA) is 113 Å². The molecule has 1 fully saturated rings. The fraction of sp³-hybridized carbons (Fsp3) is 0.200. The number of pyridine rings is 3. The third-order valence-electron chi connectivity index (χ3n) is 7.31. The number of aromatic amines is 2. The molecule has 0 spiro atoms. The Morgan fingerprint density at radius 2 is 1.69 bits per heavy atom. The molecule has 8 nitrogen and oxygen atoms in total. The first-order chi connectivity index (χ1) is 19.1. The molecule has 3 N–H and O–H groups in total. The molecule has 1 aliphatic rings. The van der Waals surface area contributed by atoms with Gasteiger partial charge in [0.25, 0.3) is 0 Å². The second-order valence-corrected chi connectivity index (χ2v) is 10.0. The number of benzene rings is 1. The molecule has 5 heterocycles. The van der Waals surface area contributed by atoms with Crippen molar-refractivity contribution in [3.8, 4) is 45.3 Å². The van der Waals surface area contributed by atoms with Gasteiger partial charge in [-0.2, -0.15) is 5.10 Å². The standard InChI is InChI=1S/C30H25FN6O2/c31-19-6-17(7-20(38)9-19)25-14-33-15-28-23(25)10-27(35-28)30-24-11-26(34-16-29(24)36-37-30)18-8-22(13-32-12-18)39-21-4-2-1-3-5-21/h6-16,21,35,38H,1-5H2,(H,36,37). The minimum atomic E-state index is -0.515. The second kappa shape index (κ2) is 9.50. The van der Waals surface area contributed by atoms with Crippen LogP contribution in [0.15, 0.2) is 67.4 Å². The molecule has 9 heteroatoms. The number of nitrogens with zero attached hydrogens (tertiary/aromatic N) is 4. The smallest absolute Gasteiger partial charge is 0.138 e. The molecular formula is C30H25FN6O2. The Hall–Kier alpha value is -4.79. The number of hydrogen-bond donors (Lipinski definition) is 3. The summed E-state index contributed by atoms with van der Waals surface area (Å²) < 4.78 is 20.2. The molecule has 0 amide bonds. The van der Waals surface area contributed by atoms with E-state index in [2.05, 4.69) is 30.1 Å². The Balaban J connectivity index is 1.26. The lowest BCUT2D eigenvalue weighted by molar-refractivity contribution is 0.154. The van der Waals surface area contributed by atoms with Gasteiger partial charge in [-0.25, -0.2) is 4.39 Å². The number of halogens is 1. The van der Waals surface area contributed by atoms with Gasteiger partial charge < -0.3 is 14.8 Å². The van der Waals surface area contributed by atoms with Crippen LogP contribution in [0.3, 0.4) is 0 Å². The minimum absolute atomic E-state index is 0.140. The summed E-state index contributed by atoms with van der Waals surface area (Å²) in [4.78, 5) is 16.8. The molecule has 6 aromatic rings. The number of aromatic nitrogens is 6. The van der Waals surface area contributed by atoms with Crippen LogP contribution < -0.4 is 4.74 Å². The van der Waals surface area contributed by atoms with Crippen molar-refractivity contribution in [2.75, 3.05) is 0 Å². The first kappa shape index (κ1) is 23.3. The lowest BCUT2D eigenvalue weighted by Crippen LogP contribution is -2.19. The highest BCUT2D eigenvalue weighted by Crippen LogP contribution is 2.36. The maximum absolute atomic E-state index is 14.0. The number of phenols is 1. The van der Waals surface area contributed by atoms with Crippen LogP contribution in [0.2, 0.25) is 0 Å². The van der Waals surface area contributed by atoms with E-state index in [1.54, 1.807) is 31.0 Å². The molecule has 1 aromatic carbocycles. The number of H-pyrrole nitrogens is 2. The predicted octanol–water partition coefficient (Wildman–Crippen LogP) is 6.79. The quantitative estimate of drug-likeness (QED) is 0.231. The molecular weight excluding hydrogens is 495 g/mol. The molecule has 0 atom stereocenters. The van der Waals surface area contributed by atoms with Crippen LogP contribution in [0.5, 0.6) is 11.5 Å². The molecule has 5 aromatic heterocycles. The summed E-state index contributed by atoms with van der Waals surface area (Å²) in [6, 6.07) is 9.92. The van der Waals surface area contributed by atoms with Crippen LogP contribution in [0, 0.1) is 5.82 Å². The van der Waals surface area contributed by atoms with Crippen molar-refractivity contribution in [2.24, 2.45) is 0 Å². The number of aromatic hydroxyl groups is 1. The van der Waals surface area contributed by atoms with Crippen LogP contribution in [0.4, 0.5) is 4.39 Å². The Morgan fingerprint density at radius 3 is 2.56 bits per heavy atom. The zero-order valence-electron chi connectivity index (χ0n) is 21.0. The van der Waals surface area contributed by atoms with Crippen LogP contribution in [-0.4, -0.2) is 41.3 Å². The van der Waals surface area contributed by atoms with E-state index in [9.17, 15) is 9.50 Å². The summed E-state index contributed by atoms with van der Waals surface area (Å²) >= 11 is 0. The van der Waals surface area contributed by atoms with Crippen LogP contribution >= 0.6 is 0 Å². The molecule has 194 valence electrons. The Labute approximate surface area is 222 Å². The molecule has 39 heavy (non-hydrogen) atoms. The van der Waals surface area contributed by atoms with Gasteiger partial charge in [-0.3, -0.25) is 20.1 Å². The van der Waals surface area contributed by atoms with Gasteiger partial charge in [-0.1, -0.05) is 6.42 Å². The van der Waals surface area contributed by atoms with Crippen molar-refractivity contribution in [1.82, 2.24) is 30.1 Å². The lowest BCUT2D eigenvalue weighted by atomic mass is 9.98. The summed E-state index contributed by atoms with van der Waals surface area (Å²) in [5.41, 5.74) is 5.94. The van der Waals surface area contributed by atoms with Crippen molar-refractivity contribution in [1.29, 1.82) is 0 Å². The van der Waals surface area contributed by atoms with Crippen molar-refractivity contribution < 1.29 is 14.2 Å². The monoisotopic (exact) mass is 520 g/mol. The fourth-order valence-electron chi connectivity index (χ4n) is 5.42. The molecule has 0 bridgehead atoms.